The second-order valence-electron chi connectivity index (χ2n) is 6.22. The largest absolute Gasteiger partial charge is 0.495 e. The summed E-state index contributed by atoms with van der Waals surface area (Å²) in [6, 6.07) is 5.14. The van der Waals surface area contributed by atoms with Gasteiger partial charge in [-0.3, -0.25) is 9.36 Å². The third-order valence-corrected chi connectivity index (χ3v) is 5.75. The zero-order valence-electron chi connectivity index (χ0n) is 16.1. The number of hydrogen-bond donors (Lipinski definition) is 1. The standard InChI is InChI=1S/C18H24ClN5O3S/c1-4-24-17(23-7-9-27-10-8-23)21-22-18(24)28-12(2)16(25)20-13-5-6-15(26-3)14(19)11-13/h5-6,11-12H,4,7-10H2,1-3H3,(H,20,25). The lowest BCUT2D eigenvalue weighted by Gasteiger charge is -2.27. The highest BCUT2D eigenvalue weighted by molar-refractivity contribution is 8.00. The summed E-state index contributed by atoms with van der Waals surface area (Å²) in [5.41, 5.74) is 0.620. The van der Waals surface area contributed by atoms with Gasteiger partial charge in [0.15, 0.2) is 5.16 Å². The number of nitrogens with one attached hydrogen (secondary N) is 1. The van der Waals surface area contributed by atoms with Crippen LogP contribution < -0.4 is 15.0 Å². The number of benzene rings is 1. The number of ether oxygens (including phenoxy) is 2. The van der Waals surface area contributed by atoms with Crippen molar-refractivity contribution >= 4 is 40.9 Å². The first-order chi connectivity index (χ1) is 13.5. The van der Waals surface area contributed by atoms with Gasteiger partial charge in [0.2, 0.25) is 11.9 Å². The van der Waals surface area contributed by atoms with Crippen molar-refractivity contribution in [1.29, 1.82) is 0 Å². The van der Waals surface area contributed by atoms with Gasteiger partial charge in [-0.2, -0.15) is 0 Å². The van der Waals surface area contributed by atoms with Crippen LogP contribution in [0.15, 0.2) is 23.4 Å². The van der Waals surface area contributed by atoms with E-state index in [0.717, 1.165) is 30.7 Å². The Balaban J connectivity index is 1.66. The quantitative estimate of drug-likeness (QED) is 0.683. The molecule has 1 aliphatic heterocycles. The van der Waals surface area contributed by atoms with Crippen molar-refractivity contribution in [2.45, 2.75) is 30.8 Å². The smallest absolute Gasteiger partial charge is 0.237 e. The van der Waals surface area contributed by atoms with Gasteiger partial charge in [0.05, 0.1) is 30.6 Å². The number of amides is 1. The van der Waals surface area contributed by atoms with Crippen LogP contribution in [-0.4, -0.2) is 59.3 Å². The fourth-order valence-electron chi connectivity index (χ4n) is 2.84. The van der Waals surface area contributed by atoms with Crippen molar-refractivity contribution in [1.82, 2.24) is 14.8 Å². The summed E-state index contributed by atoms with van der Waals surface area (Å²) in [6.45, 7) is 7.55. The van der Waals surface area contributed by atoms with Crippen LogP contribution in [0.4, 0.5) is 11.6 Å². The lowest BCUT2D eigenvalue weighted by atomic mass is 10.3. The average molecular weight is 426 g/mol. The number of aromatic nitrogens is 3. The maximum atomic E-state index is 12.6. The first-order valence-electron chi connectivity index (χ1n) is 9.10. The van der Waals surface area contributed by atoms with Crippen LogP contribution in [0.1, 0.15) is 13.8 Å². The van der Waals surface area contributed by atoms with Gasteiger partial charge < -0.3 is 19.7 Å². The minimum atomic E-state index is -0.354. The highest BCUT2D eigenvalue weighted by Gasteiger charge is 2.23. The van der Waals surface area contributed by atoms with E-state index in [1.54, 1.807) is 25.3 Å². The number of rotatable bonds is 7. The number of carbonyl (C=O) groups is 1. The fraction of sp³-hybridized carbons (Fsp3) is 0.500. The molecule has 1 N–H and O–H groups in total. The molecule has 8 nitrogen and oxygen atoms in total. The second-order valence-corrected chi connectivity index (χ2v) is 7.94. The maximum absolute atomic E-state index is 12.6. The molecule has 1 amide bonds. The SMILES string of the molecule is CCn1c(SC(C)C(=O)Nc2ccc(OC)c(Cl)c2)nnc1N1CCOCC1. The number of carbonyl (C=O) groups excluding carboxylic acids is 1. The molecule has 2 heterocycles. The Hall–Kier alpha value is -1.97. The summed E-state index contributed by atoms with van der Waals surface area (Å²) in [6.07, 6.45) is 0. The van der Waals surface area contributed by atoms with E-state index in [0.29, 0.717) is 29.7 Å². The lowest BCUT2D eigenvalue weighted by molar-refractivity contribution is -0.115. The van der Waals surface area contributed by atoms with E-state index in [2.05, 4.69) is 20.4 Å². The molecule has 10 heteroatoms. The Morgan fingerprint density at radius 1 is 1.39 bits per heavy atom. The Morgan fingerprint density at radius 3 is 2.79 bits per heavy atom. The van der Waals surface area contributed by atoms with Crippen molar-refractivity contribution in [3.63, 3.8) is 0 Å². The van der Waals surface area contributed by atoms with Crippen molar-refractivity contribution in [2.24, 2.45) is 0 Å². The third kappa shape index (κ3) is 4.71. The van der Waals surface area contributed by atoms with Gasteiger partial charge in [-0.05, 0) is 32.0 Å². The summed E-state index contributed by atoms with van der Waals surface area (Å²) in [7, 11) is 1.55. The van der Waals surface area contributed by atoms with Crippen molar-refractivity contribution < 1.29 is 14.3 Å². The number of morpholine rings is 1. The number of nitrogens with zero attached hydrogens (tertiary/aromatic N) is 4. The van der Waals surface area contributed by atoms with Gasteiger partial charge in [0, 0.05) is 25.3 Å². The summed E-state index contributed by atoms with van der Waals surface area (Å²) >= 11 is 7.50. The van der Waals surface area contributed by atoms with E-state index in [4.69, 9.17) is 21.1 Å². The number of anilines is 2. The molecule has 0 spiro atoms. The minimum Gasteiger partial charge on any atom is -0.495 e. The van der Waals surface area contributed by atoms with Crippen LogP contribution in [0.5, 0.6) is 5.75 Å². The van der Waals surface area contributed by atoms with Gasteiger partial charge in [0.1, 0.15) is 5.75 Å². The molecule has 1 aromatic heterocycles. The summed E-state index contributed by atoms with van der Waals surface area (Å²) in [5.74, 6) is 1.25. The predicted molar refractivity (Wildman–Crippen MR) is 111 cm³/mol. The molecule has 28 heavy (non-hydrogen) atoms. The van der Waals surface area contributed by atoms with Crippen LogP contribution in [0.25, 0.3) is 0 Å². The van der Waals surface area contributed by atoms with E-state index in [-0.39, 0.29) is 11.2 Å². The normalized spacial score (nSPS) is 15.4. The average Bonchev–Trinajstić information content (AvgIpc) is 3.11. The van der Waals surface area contributed by atoms with Crippen LogP contribution in [0.2, 0.25) is 5.02 Å². The first-order valence-corrected chi connectivity index (χ1v) is 10.4. The molecule has 0 radical (unpaired) electrons. The molecule has 3 rings (SSSR count). The Bertz CT molecular complexity index is 826. The second kappa shape index (κ2) is 9.49. The van der Waals surface area contributed by atoms with Crippen LogP contribution in [-0.2, 0) is 16.1 Å². The molecular formula is C18H24ClN5O3S. The Labute approximate surface area is 173 Å². The topological polar surface area (TPSA) is 81.5 Å². The highest BCUT2D eigenvalue weighted by Crippen LogP contribution is 2.29. The monoisotopic (exact) mass is 425 g/mol. The summed E-state index contributed by atoms with van der Waals surface area (Å²) < 4.78 is 12.6. The molecule has 0 aliphatic carbocycles. The van der Waals surface area contributed by atoms with Crippen molar-refractivity contribution in [3.8, 4) is 5.75 Å². The first kappa shape index (κ1) is 20.8. The van der Waals surface area contributed by atoms with Crippen molar-refractivity contribution in [2.75, 3.05) is 43.6 Å². The molecule has 1 fully saturated rings. The number of hydrogen-bond acceptors (Lipinski definition) is 7. The van der Waals surface area contributed by atoms with Gasteiger partial charge in [0.25, 0.3) is 0 Å². The molecule has 152 valence electrons. The van der Waals surface area contributed by atoms with Crippen LogP contribution in [0.3, 0.4) is 0 Å². The Kier molecular flexibility index (Phi) is 7.03. The van der Waals surface area contributed by atoms with E-state index >= 15 is 0 Å². The summed E-state index contributed by atoms with van der Waals surface area (Å²) in [5, 5.41) is 12.3. The van der Waals surface area contributed by atoms with Crippen LogP contribution in [0, 0.1) is 0 Å². The van der Waals surface area contributed by atoms with Gasteiger partial charge >= 0.3 is 0 Å². The van der Waals surface area contributed by atoms with E-state index in [1.165, 1.54) is 11.8 Å². The van der Waals surface area contributed by atoms with Gasteiger partial charge in [-0.15, -0.1) is 10.2 Å². The van der Waals surface area contributed by atoms with E-state index in [9.17, 15) is 4.79 Å². The molecule has 2 aromatic rings. The van der Waals surface area contributed by atoms with E-state index in [1.807, 2.05) is 18.4 Å². The fourth-order valence-corrected chi connectivity index (χ4v) is 4.01. The third-order valence-electron chi connectivity index (χ3n) is 4.38. The highest BCUT2D eigenvalue weighted by atomic mass is 35.5. The molecule has 1 saturated heterocycles. The summed E-state index contributed by atoms with van der Waals surface area (Å²) in [4.78, 5) is 14.8. The number of thioether (sulfide) groups is 1. The lowest BCUT2D eigenvalue weighted by Crippen LogP contribution is -2.38. The zero-order chi connectivity index (χ0) is 20.1. The maximum Gasteiger partial charge on any atom is 0.237 e. The molecule has 1 unspecified atom stereocenters. The molecule has 0 saturated carbocycles. The number of methoxy groups -OCH3 is 1. The van der Waals surface area contributed by atoms with Crippen LogP contribution >= 0.6 is 23.4 Å². The zero-order valence-corrected chi connectivity index (χ0v) is 17.7. The van der Waals surface area contributed by atoms with Gasteiger partial charge in [-0.1, -0.05) is 23.4 Å². The van der Waals surface area contributed by atoms with Crippen molar-refractivity contribution in [3.05, 3.63) is 23.2 Å². The Morgan fingerprint density at radius 2 is 2.14 bits per heavy atom. The molecule has 1 aliphatic rings. The molecular weight excluding hydrogens is 402 g/mol. The molecule has 1 aromatic carbocycles. The molecule has 1 atom stereocenters. The molecule has 0 bridgehead atoms. The van der Waals surface area contributed by atoms with Gasteiger partial charge in [-0.25, -0.2) is 0 Å². The minimum absolute atomic E-state index is 0.134. The predicted octanol–water partition coefficient (Wildman–Crippen LogP) is 2.92. The number of halogens is 1. The van der Waals surface area contributed by atoms with E-state index < -0.39 is 0 Å².